The number of rotatable bonds is 6. The van der Waals surface area contributed by atoms with E-state index in [4.69, 9.17) is 4.74 Å². The number of hydrogen-bond donors (Lipinski definition) is 0. The number of aromatic nitrogens is 1. The van der Waals surface area contributed by atoms with Gasteiger partial charge in [0.05, 0.1) is 6.42 Å². The van der Waals surface area contributed by atoms with Crippen molar-refractivity contribution in [2.75, 3.05) is 0 Å². The number of ketones is 1. The van der Waals surface area contributed by atoms with Crippen LogP contribution in [0.15, 0.2) is 48.8 Å². The normalized spacial score (nSPS) is 10.1. The number of halogens is 1. The van der Waals surface area contributed by atoms with Crippen LogP contribution in [0.3, 0.4) is 0 Å². The van der Waals surface area contributed by atoms with E-state index in [-0.39, 0.29) is 25.2 Å². The minimum Gasteiger partial charge on any atom is -0.461 e. The van der Waals surface area contributed by atoms with Gasteiger partial charge in [0.1, 0.15) is 12.4 Å². The first-order valence-electron chi connectivity index (χ1n) is 6.48. The molecule has 1 aromatic heterocycles. The first kappa shape index (κ1) is 14.8. The van der Waals surface area contributed by atoms with Crippen molar-refractivity contribution < 1.29 is 18.7 Å². The molecule has 5 heteroatoms. The number of carbonyl (C=O) groups is 2. The van der Waals surface area contributed by atoms with Crippen molar-refractivity contribution in [1.29, 1.82) is 0 Å². The van der Waals surface area contributed by atoms with Crippen LogP contribution in [0.2, 0.25) is 0 Å². The lowest BCUT2D eigenvalue weighted by Gasteiger charge is -2.04. The molecule has 2 aromatic rings. The van der Waals surface area contributed by atoms with Gasteiger partial charge in [-0.2, -0.15) is 0 Å². The van der Waals surface area contributed by atoms with Crippen molar-refractivity contribution in [2.24, 2.45) is 0 Å². The number of nitrogens with zero attached hydrogens (tertiary/aromatic N) is 1. The number of Topliss-reactive ketones (excluding diaryl/α,β-unsaturated/α-hetero) is 1. The molecule has 21 heavy (non-hydrogen) atoms. The lowest BCUT2D eigenvalue weighted by Crippen LogP contribution is -2.08. The van der Waals surface area contributed by atoms with Gasteiger partial charge in [-0.25, -0.2) is 4.39 Å². The van der Waals surface area contributed by atoms with Crippen molar-refractivity contribution in [2.45, 2.75) is 19.4 Å². The van der Waals surface area contributed by atoms with Crippen molar-refractivity contribution in [3.8, 4) is 0 Å². The highest BCUT2D eigenvalue weighted by Crippen LogP contribution is 2.08. The van der Waals surface area contributed by atoms with Gasteiger partial charge in [-0.15, -0.1) is 0 Å². The Morgan fingerprint density at radius 3 is 2.52 bits per heavy atom. The van der Waals surface area contributed by atoms with Gasteiger partial charge < -0.3 is 4.74 Å². The Balaban J connectivity index is 1.76. The van der Waals surface area contributed by atoms with E-state index in [9.17, 15) is 14.0 Å². The summed E-state index contributed by atoms with van der Waals surface area (Å²) < 4.78 is 17.8. The predicted molar refractivity (Wildman–Crippen MR) is 74.0 cm³/mol. The maximum absolute atomic E-state index is 12.7. The second-order valence-corrected chi connectivity index (χ2v) is 4.45. The van der Waals surface area contributed by atoms with Crippen LogP contribution >= 0.6 is 0 Å². The summed E-state index contributed by atoms with van der Waals surface area (Å²) in [6.45, 7) is 0.136. The van der Waals surface area contributed by atoms with Crippen LogP contribution in [0.5, 0.6) is 0 Å². The Hall–Kier alpha value is -2.56. The monoisotopic (exact) mass is 287 g/mol. The van der Waals surface area contributed by atoms with E-state index < -0.39 is 11.8 Å². The Morgan fingerprint density at radius 2 is 1.86 bits per heavy atom. The minimum absolute atomic E-state index is 0.00350. The van der Waals surface area contributed by atoms with E-state index >= 15 is 0 Å². The molecule has 0 unspecified atom stereocenters. The van der Waals surface area contributed by atoms with Crippen LogP contribution in [-0.2, 0) is 16.1 Å². The molecular weight excluding hydrogens is 273 g/mol. The first-order chi connectivity index (χ1) is 10.1. The third-order valence-electron chi connectivity index (χ3n) is 2.84. The number of carbonyl (C=O) groups excluding carboxylic acids is 2. The highest BCUT2D eigenvalue weighted by molar-refractivity contribution is 5.97. The third kappa shape index (κ3) is 4.80. The fourth-order valence-electron chi connectivity index (χ4n) is 1.72. The van der Waals surface area contributed by atoms with Crippen LogP contribution in [0.25, 0.3) is 0 Å². The quantitative estimate of drug-likeness (QED) is 0.605. The van der Waals surface area contributed by atoms with E-state index in [0.717, 1.165) is 5.56 Å². The average Bonchev–Trinajstić information content (AvgIpc) is 2.52. The Kier molecular flexibility index (Phi) is 5.15. The zero-order valence-corrected chi connectivity index (χ0v) is 11.3. The van der Waals surface area contributed by atoms with Crippen LogP contribution in [-0.4, -0.2) is 16.7 Å². The summed E-state index contributed by atoms with van der Waals surface area (Å²) in [4.78, 5) is 27.3. The molecule has 0 aliphatic carbocycles. The van der Waals surface area contributed by atoms with Crippen molar-refractivity contribution >= 4 is 11.8 Å². The molecule has 0 aliphatic rings. The number of benzene rings is 1. The maximum Gasteiger partial charge on any atom is 0.306 e. The Bertz CT molecular complexity index is 611. The number of hydrogen-bond acceptors (Lipinski definition) is 4. The SMILES string of the molecule is O=C(CCC(=O)c1ccc(F)cc1)OCc1cccnc1. The van der Waals surface area contributed by atoms with Gasteiger partial charge in [0.25, 0.3) is 0 Å². The predicted octanol–water partition coefficient (Wildman–Crippen LogP) is 2.93. The molecule has 0 atom stereocenters. The second kappa shape index (κ2) is 7.28. The minimum atomic E-state index is -0.450. The van der Waals surface area contributed by atoms with Gasteiger partial charge in [-0.1, -0.05) is 6.07 Å². The first-order valence-corrected chi connectivity index (χ1v) is 6.48. The van der Waals surface area contributed by atoms with E-state index in [1.165, 1.54) is 24.3 Å². The summed E-state index contributed by atoms with van der Waals surface area (Å²) in [6, 6.07) is 8.78. The lowest BCUT2D eigenvalue weighted by molar-refractivity contribution is -0.144. The molecule has 0 spiro atoms. The summed E-state index contributed by atoms with van der Waals surface area (Å²) in [5.41, 5.74) is 1.17. The standard InChI is InChI=1S/C16H14FNO3/c17-14-5-3-13(4-6-14)15(19)7-8-16(20)21-11-12-2-1-9-18-10-12/h1-6,9-10H,7-8,11H2. The Labute approximate surface area is 121 Å². The van der Waals surface area contributed by atoms with E-state index in [2.05, 4.69) is 4.98 Å². The van der Waals surface area contributed by atoms with Crippen LogP contribution in [0.1, 0.15) is 28.8 Å². The molecular formula is C16H14FNO3. The van der Waals surface area contributed by atoms with Gasteiger partial charge in [0.15, 0.2) is 5.78 Å². The smallest absolute Gasteiger partial charge is 0.306 e. The molecule has 0 saturated heterocycles. The fourth-order valence-corrected chi connectivity index (χ4v) is 1.72. The number of esters is 1. The highest BCUT2D eigenvalue weighted by atomic mass is 19.1. The molecule has 4 nitrogen and oxygen atoms in total. The Morgan fingerprint density at radius 1 is 1.10 bits per heavy atom. The lowest BCUT2D eigenvalue weighted by atomic mass is 10.1. The molecule has 0 fully saturated rings. The van der Waals surface area contributed by atoms with Gasteiger partial charge in [0, 0.05) is 29.9 Å². The molecule has 1 heterocycles. The van der Waals surface area contributed by atoms with Crippen LogP contribution < -0.4 is 0 Å². The summed E-state index contributed by atoms with van der Waals surface area (Å²) in [5.74, 6) is -1.06. The molecule has 0 N–H and O–H groups in total. The second-order valence-electron chi connectivity index (χ2n) is 4.45. The van der Waals surface area contributed by atoms with Crippen LogP contribution in [0, 0.1) is 5.82 Å². The van der Waals surface area contributed by atoms with Crippen LogP contribution in [0.4, 0.5) is 4.39 Å². The summed E-state index contributed by atoms with van der Waals surface area (Å²) in [6.07, 6.45) is 3.28. The fraction of sp³-hybridized carbons (Fsp3) is 0.188. The molecule has 0 bridgehead atoms. The van der Waals surface area contributed by atoms with Gasteiger partial charge in [-0.05, 0) is 30.3 Å². The topological polar surface area (TPSA) is 56.3 Å². The largest absolute Gasteiger partial charge is 0.461 e. The third-order valence-corrected chi connectivity index (χ3v) is 2.84. The van der Waals surface area contributed by atoms with E-state index in [0.29, 0.717) is 5.56 Å². The number of ether oxygens (including phenoxy) is 1. The van der Waals surface area contributed by atoms with E-state index in [1.54, 1.807) is 24.5 Å². The van der Waals surface area contributed by atoms with Crippen molar-refractivity contribution in [3.63, 3.8) is 0 Å². The summed E-state index contributed by atoms with van der Waals surface area (Å²) in [5, 5.41) is 0. The highest BCUT2D eigenvalue weighted by Gasteiger charge is 2.10. The number of pyridine rings is 1. The summed E-state index contributed by atoms with van der Waals surface area (Å²) >= 11 is 0. The molecule has 0 aliphatic heterocycles. The molecule has 1 aromatic carbocycles. The molecule has 2 rings (SSSR count). The summed E-state index contributed by atoms with van der Waals surface area (Å²) in [7, 11) is 0. The molecule has 108 valence electrons. The van der Waals surface area contributed by atoms with Gasteiger partial charge >= 0.3 is 5.97 Å². The van der Waals surface area contributed by atoms with Gasteiger partial charge in [0.2, 0.25) is 0 Å². The van der Waals surface area contributed by atoms with Crippen molar-refractivity contribution in [1.82, 2.24) is 4.98 Å². The zero-order valence-electron chi connectivity index (χ0n) is 11.3. The average molecular weight is 287 g/mol. The van der Waals surface area contributed by atoms with Crippen molar-refractivity contribution in [3.05, 3.63) is 65.7 Å². The van der Waals surface area contributed by atoms with Gasteiger partial charge in [-0.3, -0.25) is 14.6 Å². The zero-order chi connectivity index (χ0) is 15.1. The molecule has 0 saturated carbocycles. The maximum atomic E-state index is 12.7. The molecule has 0 radical (unpaired) electrons. The molecule has 0 amide bonds. The van der Waals surface area contributed by atoms with E-state index in [1.807, 2.05) is 0 Å².